The summed E-state index contributed by atoms with van der Waals surface area (Å²) in [5, 5.41) is 0. The monoisotopic (exact) mass is 288 g/mol. The summed E-state index contributed by atoms with van der Waals surface area (Å²) < 4.78 is 0. The molecule has 0 spiro atoms. The van der Waals surface area contributed by atoms with Gasteiger partial charge in [0.05, 0.1) is 0 Å². The third-order valence-corrected chi connectivity index (χ3v) is 0. The van der Waals surface area contributed by atoms with Gasteiger partial charge >= 0.3 is 0 Å². The molecule has 2 heteroatoms. The van der Waals surface area contributed by atoms with Gasteiger partial charge in [0.2, 0.25) is 0 Å². The van der Waals surface area contributed by atoms with Gasteiger partial charge in [0.1, 0.15) is 0 Å². The van der Waals surface area contributed by atoms with Crippen LogP contribution in [-0.2, 0) is 0 Å². The molecular weight excluding hydrogens is 278 g/mol. The van der Waals surface area contributed by atoms with E-state index in [4.69, 9.17) is 0 Å². The SMILES string of the molecule is C.C.I.I. The minimum absolute atomic E-state index is 0. The van der Waals surface area contributed by atoms with Crippen molar-refractivity contribution in [3.8, 4) is 0 Å². The number of hydrogen-bond acceptors (Lipinski definition) is 0. The van der Waals surface area contributed by atoms with Crippen LogP contribution < -0.4 is 0 Å². The maximum Gasteiger partial charge on any atom is -0.0776 e. The minimum atomic E-state index is 0. The Morgan fingerprint density at radius 1 is 0.500 bits per heavy atom. The highest BCUT2D eigenvalue weighted by Gasteiger charge is -0.0764. The van der Waals surface area contributed by atoms with Crippen LogP contribution in [0.3, 0.4) is 0 Å². The highest BCUT2D eigenvalue weighted by Crippen LogP contribution is 0.887. The third-order valence-electron chi connectivity index (χ3n) is 0. The largest absolute Gasteiger partial charge is 0.107 e. The average Bonchev–Trinajstić information content (AvgIpc) is 0. The number of halogens is 2. The highest BCUT2D eigenvalue weighted by atomic mass is 127. The van der Waals surface area contributed by atoms with Crippen LogP contribution in [0.4, 0.5) is 0 Å². The van der Waals surface area contributed by atoms with Crippen molar-refractivity contribution in [2.24, 2.45) is 0 Å². The zero-order valence-electron chi connectivity index (χ0n) is 0.816. The van der Waals surface area contributed by atoms with Crippen LogP contribution in [-0.4, -0.2) is 0 Å². The van der Waals surface area contributed by atoms with Crippen molar-refractivity contribution in [3.63, 3.8) is 0 Å². The Morgan fingerprint density at radius 2 is 0.500 bits per heavy atom. The van der Waals surface area contributed by atoms with Crippen molar-refractivity contribution in [1.82, 2.24) is 0 Å². The first-order valence-electron chi connectivity index (χ1n) is 0. The molecule has 0 aromatic rings. The molecule has 0 fully saturated rings. The smallest absolute Gasteiger partial charge is 0.0776 e. The molecular formula is C2H10I2. The molecule has 0 aliphatic carbocycles. The molecule has 0 aliphatic rings. The van der Waals surface area contributed by atoms with Crippen LogP contribution >= 0.6 is 48.0 Å². The first-order valence-corrected chi connectivity index (χ1v) is 0. The van der Waals surface area contributed by atoms with E-state index in [1.807, 2.05) is 0 Å². The summed E-state index contributed by atoms with van der Waals surface area (Å²) in [6.45, 7) is 0. The lowest BCUT2D eigenvalue weighted by Crippen LogP contribution is 0.143. The molecule has 0 nitrogen and oxygen atoms in total. The molecule has 0 atom stereocenters. The fraction of sp³-hybridized carbons (Fsp3) is 1.00. The predicted molar refractivity (Wildman–Crippen MR) is 44.3 cm³/mol. The van der Waals surface area contributed by atoms with Gasteiger partial charge in [0, 0.05) is 0 Å². The van der Waals surface area contributed by atoms with Crippen LogP contribution in [0.15, 0.2) is 0 Å². The fourth-order valence-electron chi connectivity index (χ4n) is 0. The van der Waals surface area contributed by atoms with Crippen LogP contribution in [0.5, 0.6) is 0 Å². The number of rotatable bonds is 0. The minimum Gasteiger partial charge on any atom is -0.107 e. The van der Waals surface area contributed by atoms with Crippen LogP contribution in [0.2, 0.25) is 0 Å². The van der Waals surface area contributed by atoms with Gasteiger partial charge in [-0.2, -0.15) is 0 Å². The molecule has 0 amide bonds. The van der Waals surface area contributed by atoms with E-state index in [2.05, 4.69) is 0 Å². The number of hydrogen-bond donors (Lipinski definition) is 0. The molecule has 0 unspecified atom stereocenters. The first-order chi connectivity index (χ1) is 0. The maximum absolute atomic E-state index is 0. The van der Waals surface area contributed by atoms with Gasteiger partial charge in [-0.1, -0.05) is 14.9 Å². The summed E-state index contributed by atoms with van der Waals surface area (Å²) in [4.78, 5) is 0. The normalized spacial score (nSPS) is 0. The molecule has 0 bridgehead atoms. The lowest BCUT2D eigenvalue weighted by atomic mass is 12.0. The Bertz CT molecular complexity index is 4.00. The van der Waals surface area contributed by atoms with Crippen LogP contribution in [0.1, 0.15) is 14.9 Å². The van der Waals surface area contributed by atoms with Crippen molar-refractivity contribution >= 4 is 48.0 Å². The molecule has 0 saturated heterocycles. The molecule has 0 aromatic heterocycles. The average molecular weight is 288 g/mol. The van der Waals surface area contributed by atoms with E-state index in [0.717, 1.165) is 0 Å². The van der Waals surface area contributed by atoms with E-state index in [1.54, 1.807) is 0 Å². The fourth-order valence-corrected chi connectivity index (χ4v) is 0. The van der Waals surface area contributed by atoms with Crippen molar-refractivity contribution < 1.29 is 0 Å². The third kappa shape index (κ3) is 9.82. The van der Waals surface area contributed by atoms with E-state index in [0.29, 0.717) is 0 Å². The quantitative estimate of drug-likeness (QED) is 0.601. The summed E-state index contributed by atoms with van der Waals surface area (Å²) in [7, 11) is 0. The second kappa shape index (κ2) is 25.0. The van der Waals surface area contributed by atoms with E-state index in [1.165, 1.54) is 0 Å². The van der Waals surface area contributed by atoms with Gasteiger partial charge in [0.15, 0.2) is 0 Å². The molecule has 0 radical (unpaired) electrons. The van der Waals surface area contributed by atoms with Gasteiger partial charge in [-0.05, 0) is 0 Å². The van der Waals surface area contributed by atoms with Gasteiger partial charge < -0.3 is 0 Å². The zero-order valence-corrected chi connectivity index (χ0v) is 5.48. The summed E-state index contributed by atoms with van der Waals surface area (Å²) >= 11 is 0. The first kappa shape index (κ1) is 51.0. The van der Waals surface area contributed by atoms with Crippen molar-refractivity contribution in [2.45, 2.75) is 14.9 Å². The van der Waals surface area contributed by atoms with E-state index in [9.17, 15) is 0 Å². The van der Waals surface area contributed by atoms with Gasteiger partial charge in [0.25, 0.3) is 0 Å². The van der Waals surface area contributed by atoms with Crippen molar-refractivity contribution in [3.05, 3.63) is 0 Å². The lowest BCUT2D eigenvalue weighted by molar-refractivity contribution is 2.50. The van der Waals surface area contributed by atoms with E-state index < -0.39 is 0 Å². The molecule has 4 heavy (non-hydrogen) atoms. The Labute approximate surface area is 62.4 Å². The van der Waals surface area contributed by atoms with Gasteiger partial charge in [-0.3, -0.25) is 0 Å². The summed E-state index contributed by atoms with van der Waals surface area (Å²) in [5.41, 5.74) is 0. The summed E-state index contributed by atoms with van der Waals surface area (Å²) in [6, 6.07) is 0. The van der Waals surface area contributed by atoms with Crippen LogP contribution in [0.25, 0.3) is 0 Å². The molecule has 0 heterocycles. The Hall–Kier alpha value is 1.46. The van der Waals surface area contributed by atoms with Gasteiger partial charge in [-0.15, -0.1) is 48.0 Å². The molecule has 0 rings (SSSR count). The lowest BCUT2D eigenvalue weighted by Gasteiger charge is -0.108. The Morgan fingerprint density at radius 3 is 0.500 bits per heavy atom. The predicted octanol–water partition coefficient (Wildman–Crippen LogP) is 2.51. The standard InChI is InChI=1S/2CH4.2HI/h2*1H4;2*1H. The Balaban J connectivity index is 0. The zero-order chi connectivity index (χ0) is 0. The summed E-state index contributed by atoms with van der Waals surface area (Å²) in [6.07, 6.45) is 0. The van der Waals surface area contributed by atoms with E-state index >= 15 is 0 Å². The maximum atomic E-state index is 0. The molecule has 32 valence electrons. The van der Waals surface area contributed by atoms with Crippen molar-refractivity contribution in [1.29, 1.82) is 0 Å². The molecule has 0 aromatic carbocycles. The Kier molecular flexibility index (Phi) is 319. The highest BCUT2D eigenvalue weighted by molar-refractivity contribution is 14.0. The molecule has 0 saturated carbocycles. The topological polar surface area (TPSA) is 0 Å². The van der Waals surface area contributed by atoms with E-state index in [-0.39, 0.29) is 62.8 Å². The van der Waals surface area contributed by atoms with Crippen molar-refractivity contribution in [2.75, 3.05) is 0 Å². The summed E-state index contributed by atoms with van der Waals surface area (Å²) in [5.74, 6) is 0. The van der Waals surface area contributed by atoms with Crippen LogP contribution in [0, 0.1) is 0 Å². The second-order valence-electron chi connectivity index (χ2n) is 0. The molecule has 0 aliphatic heterocycles. The second-order valence-corrected chi connectivity index (χ2v) is 0. The molecule has 0 N–H and O–H groups in total. The van der Waals surface area contributed by atoms with Gasteiger partial charge in [-0.25, -0.2) is 0 Å².